The van der Waals surface area contributed by atoms with Crippen molar-refractivity contribution in [1.29, 1.82) is 0 Å². The van der Waals surface area contributed by atoms with Gasteiger partial charge < -0.3 is 0 Å². The standard InChI is InChI=1S/C10H14S2/c1-3-5-7-9-11-12-10-8-6-4-2/h1-2H,5-10H2. The maximum atomic E-state index is 5.12. The van der Waals surface area contributed by atoms with Crippen LogP contribution in [0.25, 0.3) is 0 Å². The van der Waals surface area contributed by atoms with Gasteiger partial charge in [0.1, 0.15) is 0 Å². The second-order valence-corrected chi connectivity index (χ2v) is 4.96. The highest BCUT2D eigenvalue weighted by Crippen LogP contribution is 2.23. The van der Waals surface area contributed by atoms with Crippen LogP contribution in [0.4, 0.5) is 0 Å². The van der Waals surface area contributed by atoms with Crippen molar-refractivity contribution < 1.29 is 0 Å². The zero-order valence-corrected chi connectivity index (χ0v) is 8.85. The van der Waals surface area contributed by atoms with Gasteiger partial charge in [0.05, 0.1) is 0 Å². The highest BCUT2D eigenvalue weighted by Gasteiger charge is 1.89. The van der Waals surface area contributed by atoms with Crippen molar-refractivity contribution in [3.63, 3.8) is 0 Å². The predicted molar refractivity (Wildman–Crippen MR) is 61.1 cm³/mol. The molecule has 66 valence electrons. The van der Waals surface area contributed by atoms with E-state index in [4.69, 9.17) is 12.8 Å². The fourth-order valence-electron chi connectivity index (χ4n) is 0.584. The SMILES string of the molecule is C#CCCCSSCCCC#C. The molecule has 0 saturated carbocycles. The minimum absolute atomic E-state index is 0.901. The Balaban J connectivity index is 2.84. The molecule has 0 rings (SSSR count). The van der Waals surface area contributed by atoms with Gasteiger partial charge in [0.15, 0.2) is 0 Å². The molecule has 0 aliphatic heterocycles. The molecule has 0 nitrogen and oxygen atoms in total. The summed E-state index contributed by atoms with van der Waals surface area (Å²) in [4.78, 5) is 0. The summed E-state index contributed by atoms with van der Waals surface area (Å²) in [7, 11) is 3.79. The van der Waals surface area contributed by atoms with Gasteiger partial charge in [-0.05, 0) is 12.8 Å². The van der Waals surface area contributed by atoms with Crippen molar-refractivity contribution >= 4 is 21.6 Å². The Morgan fingerprint density at radius 2 is 1.25 bits per heavy atom. The topological polar surface area (TPSA) is 0 Å². The molecule has 0 spiro atoms. The summed E-state index contributed by atoms with van der Waals surface area (Å²) in [5.74, 6) is 7.57. The van der Waals surface area contributed by atoms with E-state index in [0.29, 0.717) is 0 Å². The Morgan fingerprint density at radius 1 is 0.833 bits per heavy atom. The quantitative estimate of drug-likeness (QED) is 0.350. The maximum Gasteiger partial charge on any atom is 0.00942 e. The first-order valence-electron chi connectivity index (χ1n) is 4.03. The lowest BCUT2D eigenvalue weighted by atomic mass is 10.4. The Labute approximate surface area is 83.7 Å². The summed E-state index contributed by atoms with van der Waals surface area (Å²) in [5.41, 5.74) is 0. The van der Waals surface area contributed by atoms with Gasteiger partial charge in [-0.15, -0.1) is 24.7 Å². The van der Waals surface area contributed by atoms with Crippen molar-refractivity contribution in [2.45, 2.75) is 25.7 Å². The predicted octanol–water partition coefficient (Wildman–Crippen LogP) is 3.19. The van der Waals surface area contributed by atoms with Crippen molar-refractivity contribution in [3.05, 3.63) is 0 Å². The highest BCUT2D eigenvalue weighted by molar-refractivity contribution is 8.76. The second kappa shape index (κ2) is 10.8. The fourth-order valence-corrected chi connectivity index (χ4v) is 2.76. The molecular formula is C10H14S2. The van der Waals surface area contributed by atoms with E-state index in [9.17, 15) is 0 Å². The maximum absolute atomic E-state index is 5.12. The first-order chi connectivity index (χ1) is 5.91. The van der Waals surface area contributed by atoms with Crippen LogP contribution in [0.15, 0.2) is 0 Å². The molecule has 0 unspecified atom stereocenters. The van der Waals surface area contributed by atoms with E-state index in [1.54, 1.807) is 0 Å². The first-order valence-corrected chi connectivity index (χ1v) is 6.52. The molecule has 0 atom stereocenters. The average molecular weight is 198 g/mol. The van der Waals surface area contributed by atoms with Gasteiger partial charge in [-0.2, -0.15) is 0 Å². The smallest absolute Gasteiger partial charge is 0.00942 e. The lowest BCUT2D eigenvalue weighted by Crippen LogP contribution is -1.78. The summed E-state index contributed by atoms with van der Waals surface area (Å²) < 4.78 is 0. The minimum atomic E-state index is 0.901. The molecule has 0 N–H and O–H groups in total. The third kappa shape index (κ3) is 9.82. The van der Waals surface area contributed by atoms with Crippen LogP contribution >= 0.6 is 21.6 Å². The van der Waals surface area contributed by atoms with Crippen molar-refractivity contribution in [1.82, 2.24) is 0 Å². The van der Waals surface area contributed by atoms with Crippen molar-refractivity contribution in [2.75, 3.05) is 11.5 Å². The van der Waals surface area contributed by atoms with Crippen molar-refractivity contribution in [3.8, 4) is 24.7 Å². The molecule has 0 amide bonds. The van der Waals surface area contributed by atoms with E-state index < -0.39 is 0 Å². The summed E-state index contributed by atoms with van der Waals surface area (Å²) in [6.45, 7) is 0. The van der Waals surface area contributed by atoms with Crippen LogP contribution in [0.1, 0.15) is 25.7 Å². The molecule has 0 aliphatic carbocycles. The number of hydrogen-bond donors (Lipinski definition) is 0. The van der Waals surface area contributed by atoms with Gasteiger partial charge in [-0.1, -0.05) is 21.6 Å². The van der Waals surface area contributed by atoms with E-state index in [0.717, 1.165) is 37.2 Å². The van der Waals surface area contributed by atoms with E-state index in [2.05, 4.69) is 11.8 Å². The summed E-state index contributed by atoms with van der Waals surface area (Å²) >= 11 is 0. The van der Waals surface area contributed by atoms with Crippen molar-refractivity contribution in [2.24, 2.45) is 0 Å². The molecule has 0 aromatic rings. The third-order valence-corrected chi connectivity index (χ3v) is 3.76. The van der Waals surface area contributed by atoms with E-state index in [-0.39, 0.29) is 0 Å². The summed E-state index contributed by atoms with van der Waals surface area (Å²) in [6.07, 6.45) is 14.3. The Hall–Kier alpha value is -0.180. The van der Waals surface area contributed by atoms with Crippen LogP contribution in [0, 0.1) is 24.7 Å². The number of terminal acetylenes is 2. The number of unbranched alkanes of at least 4 members (excludes halogenated alkanes) is 2. The number of rotatable bonds is 7. The Bertz CT molecular complexity index is 142. The molecule has 0 aromatic heterocycles. The van der Waals surface area contributed by atoms with Gasteiger partial charge in [-0.25, -0.2) is 0 Å². The molecular weight excluding hydrogens is 184 g/mol. The van der Waals surface area contributed by atoms with Gasteiger partial charge >= 0.3 is 0 Å². The zero-order chi connectivity index (χ0) is 9.07. The molecule has 0 aromatic carbocycles. The van der Waals surface area contributed by atoms with Crippen LogP contribution in [0.3, 0.4) is 0 Å². The number of hydrogen-bond acceptors (Lipinski definition) is 2. The fraction of sp³-hybridized carbons (Fsp3) is 0.600. The third-order valence-electron chi connectivity index (χ3n) is 1.18. The molecule has 0 radical (unpaired) electrons. The lowest BCUT2D eigenvalue weighted by Gasteiger charge is -1.97. The first kappa shape index (κ1) is 11.8. The lowest BCUT2D eigenvalue weighted by molar-refractivity contribution is 0.997. The highest BCUT2D eigenvalue weighted by atomic mass is 33.1. The minimum Gasteiger partial charge on any atom is -0.120 e. The van der Waals surface area contributed by atoms with Gasteiger partial charge in [0.25, 0.3) is 0 Å². The molecule has 0 fully saturated rings. The average Bonchev–Trinajstić information content (AvgIpc) is 2.10. The molecule has 2 heteroatoms. The van der Waals surface area contributed by atoms with Crippen LogP contribution in [-0.4, -0.2) is 11.5 Å². The van der Waals surface area contributed by atoms with Crippen LogP contribution in [-0.2, 0) is 0 Å². The molecule has 0 saturated heterocycles. The normalized spacial score (nSPS) is 8.83. The van der Waals surface area contributed by atoms with E-state index >= 15 is 0 Å². The largest absolute Gasteiger partial charge is 0.120 e. The molecule has 0 aliphatic rings. The van der Waals surface area contributed by atoms with E-state index in [1.165, 1.54) is 0 Å². The second-order valence-electron chi connectivity index (χ2n) is 2.26. The monoisotopic (exact) mass is 198 g/mol. The summed E-state index contributed by atoms with van der Waals surface area (Å²) in [6, 6.07) is 0. The van der Waals surface area contributed by atoms with Crippen LogP contribution < -0.4 is 0 Å². The van der Waals surface area contributed by atoms with Gasteiger partial charge in [0, 0.05) is 24.3 Å². The van der Waals surface area contributed by atoms with Gasteiger partial charge in [-0.3, -0.25) is 0 Å². The Kier molecular flexibility index (Phi) is 10.7. The molecule has 12 heavy (non-hydrogen) atoms. The Morgan fingerprint density at radius 3 is 1.58 bits per heavy atom. The van der Waals surface area contributed by atoms with Crippen LogP contribution in [0.2, 0.25) is 0 Å². The van der Waals surface area contributed by atoms with E-state index in [1.807, 2.05) is 21.6 Å². The van der Waals surface area contributed by atoms with Crippen LogP contribution in [0.5, 0.6) is 0 Å². The molecule has 0 bridgehead atoms. The van der Waals surface area contributed by atoms with Gasteiger partial charge in [0.2, 0.25) is 0 Å². The molecule has 0 heterocycles. The zero-order valence-electron chi connectivity index (χ0n) is 7.21. The summed E-state index contributed by atoms with van der Waals surface area (Å²) in [5, 5.41) is 0.